The van der Waals surface area contributed by atoms with E-state index in [1.807, 2.05) is 25.1 Å². The first-order valence-electron chi connectivity index (χ1n) is 9.13. The maximum Gasteiger partial charge on any atom is 0.263 e. The van der Waals surface area contributed by atoms with Gasteiger partial charge in [-0.25, -0.2) is 8.42 Å². The molecule has 2 N–H and O–H groups in total. The van der Waals surface area contributed by atoms with E-state index >= 15 is 0 Å². The maximum absolute atomic E-state index is 12.8. The first kappa shape index (κ1) is 21.7. The Bertz CT molecular complexity index is 1150. The molecule has 0 spiro atoms. The number of ether oxygens (including phenoxy) is 1. The van der Waals surface area contributed by atoms with Crippen LogP contribution in [-0.2, 0) is 10.0 Å². The largest absolute Gasteiger partial charge is 0.496 e. The van der Waals surface area contributed by atoms with E-state index in [-0.39, 0.29) is 21.5 Å². The minimum Gasteiger partial charge on any atom is -0.496 e. The topological polar surface area (TPSA) is 84.5 Å². The molecule has 0 heterocycles. The Labute approximate surface area is 180 Å². The molecule has 8 heteroatoms. The third kappa shape index (κ3) is 4.93. The fourth-order valence-corrected chi connectivity index (χ4v) is 4.53. The van der Waals surface area contributed by atoms with Gasteiger partial charge in [0.2, 0.25) is 0 Å². The highest BCUT2D eigenvalue weighted by Crippen LogP contribution is 2.27. The van der Waals surface area contributed by atoms with Crippen LogP contribution in [-0.4, -0.2) is 21.4 Å². The van der Waals surface area contributed by atoms with E-state index in [1.54, 1.807) is 43.5 Å². The van der Waals surface area contributed by atoms with E-state index < -0.39 is 15.9 Å². The zero-order chi connectivity index (χ0) is 21.7. The molecule has 0 radical (unpaired) electrons. The Kier molecular flexibility index (Phi) is 6.64. The van der Waals surface area contributed by atoms with Crippen molar-refractivity contribution in [1.82, 2.24) is 5.32 Å². The van der Waals surface area contributed by atoms with Crippen molar-refractivity contribution in [2.75, 3.05) is 11.8 Å². The molecule has 6 nitrogen and oxygen atoms in total. The zero-order valence-electron chi connectivity index (χ0n) is 16.4. The SMILES string of the molecule is COc1ccccc1C(C)NC(=O)c1ccc(Cl)c(S(=O)(=O)Nc2ccccc2)c1. The third-order valence-corrected chi connectivity index (χ3v) is 6.32. The molecule has 0 aliphatic carbocycles. The summed E-state index contributed by atoms with van der Waals surface area (Å²) in [5.74, 6) is 0.220. The average Bonchev–Trinajstić information content (AvgIpc) is 2.74. The molecule has 1 amide bonds. The van der Waals surface area contributed by atoms with Crippen molar-refractivity contribution in [1.29, 1.82) is 0 Å². The monoisotopic (exact) mass is 444 g/mol. The van der Waals surface area contributed by atoms with Gasteiger partial charge in [-0.05, 0) is 43.3 Å². The quantitative estimate of drug-likeness (QED) is 0.556. The minimum atomic E-state index is -3.97. The third-order valence-electron chi connectivity index (χ3n) is 4.46. The van der Waals surface area contributed by atoms with E-state index in [0.717, 1.165) is 5.56 Å². The number of amides is 1. The molecule has 3 aromatic carbocycles. The number of nitrogens with one attached hydrogen (secondary N) is 2. The normalized spacial score (nSPS) is 12.1. The number of sulfonamides is 1. The maximum atomic E-state index is 12.8. The summed E-state index contributed by atoms with van der Waals surface area (Å²) in [5, 5.41) is 2.88. The van der Waals surface area contributed by atoms with E-state index in [1.165, 1.54) is 18.2 Å². The molecule has 0 bridgehead atoms. The number of carbonyl (C=O) groups is 1. The predicted molar refractivity (Wildman–Crippen MR) is 118 cm³/mol. The van der Waals surface area contributed by atoms with Gasteiger partial charge in [-0.2, -0.15) is 0 Å². The molecule has 30 heavy (non-hydrogen) atoms. The van der Waals surface area contributed by atoms with Crippen molar-refractivity contribution in [3.05, 3.63) is 88.9 Å². The predicted octanol–water partition coefficient (Wildman–Crippen LogP) is 4.64. The zero-order valence-corrected chi connectivity index (χ0v) is 18.0. The molecule has 0 aliphatic rings. The van der Waals surface area contributed by atoms with Crippen molar-refractivity contribution >= 4 is 33.2 Å². The first-order chi connectivity index (χ1) is 14.3. The average molecular weight is 445 g/mol. The summed E-state index contributed by atoms with van der Waals surface area (Å²) in [5.41, 5.74) is 1.38. The van der Waals surface area contributed by atoms with Gasteiger partial charge in [-0.15, -0.1) is 0 Å². The highest BCUT2D eigenvalue weighted by molar-refractivity contribution is 7.92. The van der Waals surface area contributed by atoms with Crippen LogP contribution in [0.5, 0.6) is 5.75 Å². The van der Waals surface area contributed by atoms with Gasteiger partial charge < -0.3 is 10.1 Å². The molecule has 3 aromatic rings. The molecular weight excluding hydrogens is 424 g/mol. The van der Waals surface area contributed by atoms with Gasteiger partial charge in [0.15, 0.2) is 0 Å². The van der Waals surface area contributed by atoms with Crippen LogP contribution in [0.4, 0.5) is 5.69 Å². The number of hydrogen-bond donors (Lipinski definition) is 2. The van der Waals surface area contributed by atoms with Crippen LogP contribution in [0.25, 0.3) is 0 Å². The summed E-state index contributed by atoms with van der Waals surface area (Å²) < 4.78 is 33.4. The van der Waals surface area contributed by atoms with Crippen LogP contribution >= 0.6 is 11.6 Å². The number of para-hydroxylation sites is 2. The lowest BCUT2D eigenvalue weighted by Gasteiger charge is -2.18. The van der Waals surface area contributed by atoms with Gasteiger partial charge in [0, 0.05) is 16.8 Å². The lowest BCUT2D eigenvalue weighted by molar-refractivity contribution is 0.0939. The summed E-state index contributed by atoms with van der Waals surface area (Å²) in [4.78, 5) is 12.6. The first-order valence-corrected chi connectivity index (χ1v) is 11.0. The lowest BCUT2D eigenvalue weighted by atomic mass is 10.1. The van der Waals surface area contributed by atoms with Crippen LogP contribution in [0.1, 0.15) is 28.9 Å². The van der Waals surface area contributed by atoms with Crippen molar-refractivity contribution in [2.45, 2.75) is 17.9 Å². The molecular formula is C22H21ClN2O4S. The number of rotatable bonds is 7. The molecule has 1 unspecified atom stereocenters. The van der Waals surface area contributed by atoms with Gasteiger partial charge in [0.1, 0.15) is 10.6 Å². The Morgan fingerprint density at radius 3 is 2.37 bits per heavy atom. The van der Waals surface area contributed by atoms with Crippen LogP contribution in [0, 0.1) is 0 Å². The number of hydrogen-bond acceptors (Lipinski definition) is 4. The number of halogens is 1. The second-order valence-electron chi connectivity index (χ2n) is 6.55. The molecule has 1 atom stereocenters. The van der Waals surface area contributed by atoms with Crippen LogP contribution in [0.15, 0.2) is 77.7 Å². The molecule has 0 saturated carbocycles. The Hall–Kier alpha value is -3.03. The second kappa shape index (κ2) is 9.19. The summed E-state index contributed by atoms with van der Waals surface area (Å²) in [7, 11) is -2.41. The van der Waals surface area contributed by atoms with Crippen molar-refractivity contribution < 1.29 is 17.9 Å². The molecule has 156 valence electrons. The van der Waals surface area contributed by atoms with E-state index in [2.05, 4.69) is 10.0 Å². The number of carbonyl (C=O) groups excluding carboxylic acids is 1. The summed E-state index contributed by atoms with van der Waals surface area (Å²) >= 11 is 6.13. The molecule has 0 saturated heterocycles. The highest BCUT2D eigenvalue weighted by atomic mass is 35.5. The Balaban J connectivity index is 1.84. The summed E-state index contributed by atoms with van der Waals surface area (Å²) in [6.45, 7) is 1.82. The number of benzene rings is 3. The van der Waals surface area contributed by atoms with Crippen LogP contribution < -0.4 is 14.8 Å². The number of methoxy groups -OCH3 is 1. The van der Waals surface area contributed by atoms with E-state index in [4.69, 9.17) is 16.3 Å². The summed E-state index contributed by atoms with van der Waals surface area (Å²) in [6.07, 6.45) is 0. The second-order valence-corrected chi connectivity index (χ2v) is 8.61. The van der Waals surface area contributed by atoms with Gasteiger partial charge >= 0.3 is 0 Å². The van der Waals surface area contributed by atoms with Crippen molar-refractivity contribution in [2.24, 2.45) is 0 Å². The van der Waals surface area contributed by atoms with Gasteiger partial charge in [-0.3, -0.25) is 9.52 Å². The van der Waals surface area contributed by atoms with E-state index in [0.29, 0.717) is 11.4 Å². The molecule has 0 aliphatic heterocycles. The van der Waals surface area contributed by atoms with Gasteiger partial charge in [-0.1, -0.05) is 48.0 Å². The van der Waals surface area contributed by atoms with Crippen LogP contribution in [0.2, 0.25) is 5.02 Å². The fraction of sp³-hybridized carbons (Fsp3) is 0.136. The summed E-state index contributed by atoms with van der Waals surface area (Å²) in [6, 6.07) is 19.6. The number of anilines is 1. The standard InChI is InChI=1S/C22H21ClN2O4S/c1-15(18-10-6-7-11-20(18)29-2)24-22(26)16-12-13-19(23)21(14-16)30(27,28)25-17-8-4-3-5-9-17/h3-15,25H,1-2H3,(H,24,26). The van der Waals surface area contributed by atoms with Crippen molar-refractivity contribution in [3.63, 3.8) is 0 Å². The minimum absolute atomic E-state index is 0.0211. The van der Waals surface area contributed by atoms with Gasteiger partial charge in [0.25, 0.3) is 15.9 Å². The van der Waals surface area contributed by atoms with E-state index in [9.17, 15) is 13.2 Å². The van der Waals surface area contributed by atoms with Crippen molar-refractivity contribution in [3.8, 4) is 5.75 Å². The molecule has 0 aromatic heterocycles. The smallest absolute Gasteiger partial charge is 0.263 e. The Morgan fingerprint density at radius 1 is 1.00 bits per heavy atom. The molecule has 0 fully saturated rings. The fourth-order valence-electron chi connectivity index (χ4n) is 2.95. The van der Waals surface area contributed by atoms with Gasteiger partial charge in [0.05, 0.1) is 18.2 Å². The lowest BCUT2D eigenvalue weighted by Crippen LogP contribution is -2.27. The Morgan fingerprint density at radius 2 is 1.67 bits per heavy atom. The highest BCUT2D eigenvalue weighted by Gasteiger charge is 2.21. The molecule has 3 rings (SSSR count). The van der Waals surface area contributed by atoms with Crippen LogP contribution in [0.3, 0.4) is 0 Å².